The van der Waals surface area contributed by atoms with Gasteiger partial charge < -0.3 is 15.1 Å². The predicted octanol–water partition coefficient (Wildman–Crippen LogP) is 5.50. The van der Waals surface area contributed by atoms with Gasteiger partial charge in [0.25, 0.3) is 0 Å². The molecule has 0 aliphatic rings. The number of anilines is 4. The van der Waals surface area contributed by atoms with Gasteiger partial charge in [-0.2, -0.15) is 5.26 Å². The molecule has 176 valence electrons. The van der Waals surface area contributed by atoms with Crippen LogP contribution < -0.4 is 15.1 Å². The molecule has 2 aromatic heterocycles. The molecule has 0 saturated carbocycles. The first kappa shape index (κ1) is 23.7. The molecular weight excluding hydrogens is 436 g/mol. The van der Waals surface area contributed by atoms with Gasteiger partial charge >= 0.3 is 0 Å². The van der Waals surface area contributed by atoms with E-state index in [4.69, 9.17) is 0 Å². The molecule has 35 heavy (non-hydrogen) atoms. The highest BCUT2D eigenvalue weighted by Gasteiger charge is 2.21. The molecular formula is C28H28N6O. The second-order valence-electron chi connectivity index (χ2n) is 8.97. The highest BCUT2D eigenvalue weighted by Crippen LogP contribution is 2.40. The fourth-order valence-corrected chi connectivity index (χ4v) is 4.02. The Morgan fingerprint density at radius 3 is 2.29 bits per heavy atom. The Morgan fingerprint density at radius 2 is 1.69 bits per heavy atom. The van der Waals surface area contributed by atoms with Crippen LogP contribution in [0.3, 0.4) is 0 Å². The van der Waals surface area contributed by atoms with Gasteiger partial charge in [0.15, 0.2) is 0 Å². The number of pyridine rings is 2. The number of amides is 1. The standard InChI is InChI=1S/C28H28N6O/c1-28(2,17-29)21-8-10-22(11-9-21)34(5)27-23-14-19(20-7-13-26(30-3)32-15-20)6-12-24(23)31-16-25(27)33(4)18-35/h6-16,18H,1-5H3,(H,30,32). The zero-order valence-electron chi connectivity index (χ0n) is 20.6. The summed E-state index contributed by atoms with van der Waals surface area (Å²) in [7, 11) is 5.53. The number of hydrogen-bond acceptors (Lipinski definition) is 6. The van der Waals surface area contributed by atoms with Crippen molar-refractivity contribution in [3.05, 3.63) is 72.6 Å². The van der Waals surface area contributed by atoms with Crippen molar-refractivity contribution in [3.63, 3.8) is 0 Å². The third-order valence-electron chi connectivity index (χ3n) is 6.30. The molecule has 4 aromatic rings. The molecule has 7 nitrogen and oxygen atoms in total. The Bertz CT molecular complexity index is 1400. The van der Waals surface area contributed by atoms with Crippen LogP contribution >= 0.6 is 0 Å². The molecule has 2 aromatic carbocycles. The molecule has 0 spiro atoms. The predicted molar refractivity (Wildman–Crippen MR) is 142 cm³/mol. The summed E-state index contributed by atoms with van der Waals surface area (Å²) in [6.45, 7) is 3.80. The van der Waals surface area contributed by atoms with Crippen LogP contribution in [0.2, 0.25) is 0 Å². The lowest BCUT2D eigenvalue weighted by Crippen LogP contribution is -2.20. The highest BCUT2D eigenvalue weighted by atomic mass is 16.1. The monoisotopic (exact) mass is 464 g/mol. The topological polar surface area (TPSA) is 85.2 Å². The Hall–Kier alpha value is -4.44. The Labute approximate surface area is 205 Å². The number of nitrogens with zero attached hydrogens (tertiary/aromatic N) is 5. The summed E-state index contributed by atoms with van der Waals surface area (Å²) >= 11 is 0. The number of hydrogen-bond donors (Lipinski definition) is 1. The van der Waals surface area contributed by atoms with E-state index < -0.39 is 5.41 Å². The minimum atomic E-state index is -0.574. The molecule has 1 N–H and O–H groups in total. The number of carbonyl (C=O) groups excluding carboxylic acids is 1. The molecule has 0 fully saturated rings. The fraction of sp³-hybridized carbons (Fsp3) is 0.214. The van der Waals surface area contributed by atoms with Gasteiger partial charge in [-0.1, -0.05) is 18.2 Å². The number of rotatable bonds is 7. The van der Waals surface area contributed by atoms with Crippen LogP contribution in [0.25, 0.3) is 22.0 Å². The van der Waals surface area contributed by atoms with E-state index in [-0.39, 0.29) is 0 Å². The van der Waals surface area contributed by atoms with Crippen LogP contribution in [0.1, 0.15) is 19.4 Å². The van der Waals surface area contributed by atoms with Gasteiger partial charge in [0.1, 0.15) is 5.82 Å². The largest absolute Gasteiger partial charge is 0.373 e. The Morgan fingerprint density at radius 1 is 0.971 bits per heavy atom. The van der Waals surface area contributed by atoms with Gasteiger partial charge in [0.2, 0.25) is 6.41 Å². The van der Waals surface area contributed by atoms with Crippen molar-refractivity contribution in [1.82, 2.24) is 9.97 Å². The van der Waals surface area contributed by atoms with E-state index in [2.05, 4.69) is 32.3 Å². The first-order valence-corrected chi connectivity index (χ1v) is 11.3. The molecule has 2 heterocycles. The average molecular weight is 465 g/mol. The van der Waals surface area contributed by atoms with Gasteiger partial charge in [-0.3, -0.25) is 9.78 Å². The van der Waals surface area contributed by atoms with Crippen LogP contribution in [-0.4, -0.2) is 37.5 Å². The summed E-state index contributed by atoms with van der Waals surface area (Å²) in [4.78, 5) is 24.4. The Balaban J connectivity index is 1.87. The summed E-state index contributed by atoms with van der Waals surface area (Å²) in [5, 5.41) is 13.4. The maximum absolute atomic E-state index is 11.7. The van der Waals surface area contributed by atoms with Crippen molar-refractivity contribution in [2.45, 2.75) is 19.3 Å². The molecule has 0 aliphatic carbocycles. The SMILES string of the molecule is CNc1ccc(-c2ccc3ncc(N(C)C=O)c(N(C)c4ccc(C(C)(C)C#N)cc4)c3c2)cn1. The van der Waals surface area contributed by atoms with Gasteiger partial charge in [0, 0.05) is 44.0 Å². The molecule has 0 saturated heterocycles. The summed E-state index contributed by atoms with van der Waals surface area (Å²) in [6, 6.07) is 20.3. The van der Waals surface area contributed by atoms with E-state index >= 15 is 0 Å². The molecule has 4 rings (SSSR count). The van der Waals surface area contributed by atoms with Crippen molar-refractivity contribution in [1.29, 1.82) is 5.26 Å². The van der Waals surface area contributed by atoms with E-state index in [1.165, 1.54) is 4.90 Å². The number of nitrogens with one attached hydrogen (secondary N) is 1. The molecule has 0 atom stereocenters. The number of benzene rings is 2. The molecule has 0 radical (unpaired) electrons. The third kappa shape index (κ3) is 4.51. The minimum Gasteiger partial charge on any atom is -0.373 e. The number of nitriles is 1. The Kier molecular flexibility index (Phi) is 6.39. The molecule has 1 amide bonds. The minimum absolute atomic E-state index is 0.574. The molecule has 0 aliphatic heterocycles. The maximum atomic E-state index is 11.7. The second-order valence-corrected chi connectivity index (χ2v) is 8.97. The lowest BCUT2D eigenvalue weighted by atomic mass is 9.86. The van der Waals surface area contributed by atoms with Crippen molar-refractivity contribution < 1.29 is 4.79 Å². The van der Waals surface area contributed by atoms with E-state index in [0.29, 0.717) is 5.69 Å². The smallest absolute Gasteiger partial charge is 0.213 e. The number of fused-ring (bicyclic) bond motifs is 1. The molecule has 0 unspecified atom stereocenters. The molecule has 0 bridgehead atoms. The van der Waals surface area contributed by atoms with Crippen molar-refractivity contribution in [2.75, 3.05) is 36.3 Å². The van der Waals surface area contributed by atoms with E-state index in [1.807, 2.05) is 82.7 Å². The van der Waals surface area contributed by atoms with E-state index in [9.17, 15) is 10.1 Å². The number of carbonyl (C=O) groups is 1. The summed E-state index contributed by atoms with van der Waals surface area (Å²) in [6.07, 6.45) is 4.34. The van der Waals surface area contributed by atoms with Crippen molar-refractivity contribution in [3.8, 4) is 17.2 Å². The maximum Gasteiger partial charge on any atom is 0.213 e. The van der Waals surface area contributed by atoms with E-state index in [0.717, 1.165) is 51.2 Å². The zero-order valence-corrected chi connectivity index (χ0v) is 20.6. The first-order valence-electron chi connectivity index (χ1n) is 11.3. The highest BCUT2D eigenvalue weighted by molar-refractivity contribution is 6.04. The van der Waals surface area contributed by atoms with Gasteiger partial charge in [-0.05, 0) is 61.4 Å². The van der Waals surface area contributed by atoms with Crippen LogP contribution in [0.5, 0.6) is 0 Å². The first-order chi connectivity index (χ1) is 16.8. The van der Waals surface area contributed by atoms with Crippen LogP contribution in [0.15, 0.2) is 67.0 Å². The zero-order chi connectivity index (χ0) is 25.2. The van der Waals surface area contributed by atoms with Crippen LogP contribution in [-0.2, 0) is 10.2 Å². The normalized spacial score (nSPS) is 11.1. The third-order valence-corrected chi connectivity index (χ3v) is 6.30. The molecule has 7 heteroatoms. The van der Waals surface area contributed by atoms with Gasteiger partial charge in [-0.25, -0.2) is 4.98 Å². The van der Waals surface area contributed by atoms with Gasteiger partial charge in [0.05, 0.1) is 34.6 Å². The van der Waals surface area contributed by atoms with Gasteiger partial charge in [-0.15, -0.1) is 0 Å². The quantitative estimate of drug-likeness (QED) is 0.364. The second kappa shape index (κ2) is 9.43. The van der Waals surface area contributed by atoms with Crippen molar-refractivity contribution in [2.24, 2.45) is 0 Å². The van der Waals surface area contributed by atoms with E-state index in [1.54, 1.807) is 13.2 Å². The van der Waals surface area contributed by atoms with Crippen LogP contribution in [0.4, 0.5) is 22.9 Å². The van der Waals surface area contributed by atoms with Crippen molar-refractivity contribution >= 4 is 40.2 Å². The lowest BCUT2D eigenvalue weighted by molar-refractivity contribution is -0.107. The van der Waals surface area contributed by atoms with Crippen LogP contribution in [0, 0.1) is 11.3 Å². The average Bonchev–Trinajstić information content (AvgIpc) is 2.91. The summed E-state index contributed by atoms with van der Waals surface area (Å²) in [5.74, 6) is 0.801. The fourth-order valence-electron chi connectivity index (χ4n) is 4.02. The summed E-state index contributed by atoms with van der Waals surface area (Å²) < 4.78 is 0. The lowest BCUT2D eigenvalue weighted by Gasteiger charge is -2.27. The number of aromatic nitrogens is 2. The summed E-state index contributed by atoms with van der Waals surface area (Å²) in [5.41, 5.74) is 5.66.